The molecule has 0 aromatic heterocycles. The molecule has 0 radical (unpaired) electrons. The molecule has 0 unspecified atom stereocenters. The van der Waals surface area contributed by atoms with Gasteiger partial charge in [0.05, 0.1) is 12.1 Å². The Hall–Kier alpha value is -1.98. The maximum absolute atomic E-state index is 14.1. The van der Waals surface area contributed by atoms with Crippen molar-refractivity contribution in [1.82, 2.24) is 5.32 Å². The van der Waals surface area contributed by atoms with Crippen molar-refractivity contribution in [3.8, 4) is 0 Å². The molecule has 0 saturated carbocycles. The van der Waals surface area contributed by atoms with E-state index < -0.39 is 23.9 Å². The number of nitrogens with one attached hydrogen (secondary N) is 1. The van der Waals surface area contributed by atoms with Crippen LogP contribution in [0.5, 0.6) is 0 Å². The van der Waals surface area contributed by atoms with Gasteiger partial charge in [0, 0.05) is 16.1 Å². The van der Waals surface area contributed by atoms with Gasteiger partial charge in [0.25, 0.3) is 0 Å². The normalized spacial score (nSPS) is 13.7. The zero-order valence-corrected chi connectivity index (χ0v) is 14.2. The summed E-state index contributed by atoms with van der Waals surface area (Å²) < 4.78 is 14.7. The summed E-state index contributed by atoms with van der Waals surface area (Å²) in [5, 5.41) is 12.3. The molecule has 2 rings (SSSR count). The fourth-order valence-corrected chi connectivity index (χ4v) is 2.52. The van der Waals surface area contributed by atoms with Crippen molar-refractivity contribution in [2.75, 3.05) is 6.61 Å². The molecular weight excluding hydrogens is 361 g/mol. The molecule has 0 aliphatic carbocycles. The van der Waals surface area contributed by atoms with Gasteiger partial charge in [-0.25, -0.2) is 4.39 Å². The first-order valence-electron chi connectivity index (χ1n) is 7.06. The number of benzene rings is 2. The lowest BCUT2D eigenvalue weighted by atomic mass is 9.92. The van der Waals surface area contributed by atoms with Gasteiger partial charge >= 0.3 is 0 Å². The van der Waals surface area contributed by atoms with Gasteiger partial charge < -0.3 is 10.4 Å². The Balaban J connectivity index is 2.19. The molecule has 0 spiro atoms. The highest BCUT2D eigenvalue weighted by molar-refractivity contribution is 9.10. The van der Waals surface area contributed by atoms with E-state index in [9.17, 15) is 14.3 Å². The summed E-state index contributed by atoms with van der Waals surface area (Å²) in [4.78, 5) is 12.1. The third-order valence-corrected chi connectivity index (χ3v) is 3.96. The van der Waals surface area contributed by atoms with Crippen LogP contribution in [0.1, 0.15) is 18.1 Å². The largest absolute Gasteiger partial charge is 0.394 e. The number of aliphatic hydroxyl groups excluding tert-OH is 1. The minimum Gasteiger partial charge on any atom is -0.394 e. The van der Waals surface area contributed by atoms with Crippen LogP contribution in [0.3, 0.4) is 0 Å². The van der Waals surface area contributed by atoms with Gasteiger partial charge in [0.15, 0.2) is 0 Å². The molecule has 5 heteroatoms. The number of carbonyl (C=O) groups is 1. The summed E-state index contributed by atoms with van der Waals surface area (Å²) >= 11 is 3.27. The van der Waals surface area contributed by atoms with E-state index in [1.165, 1.54) is 12.1 Å². The molecule has 3 nitrogen and oxygen atoms in total. The Kier molecular flexibility index (Phi) is 5.69. The molecule has 0 heterocycles. The molecule has 1 amide bonds. The molecule has 2 aromatic rings. The van der Waals surface area contributed by atoms with Gasteiger partial charge in [-0.3, -0.25) is 4.79 Å². The number of carbonyl (C=O) groups excluding carboxylic acids is 1. The number of rotatable bonds is 5. The lowest BCUT2D eigenvalue weighted by Crippen LogP contribution is -2.46. The van der Waals surface area contributed by atoms with Crippen LogP contribution in [0.4, 0.5) is 4.39 Å². The highest BCUT2D eigenvalue weighted by atomic mass is 79.9. The zero-order chi connectivity index (χ0) is 16.9. The maximum atomic E-state index is 14.1. The van der Waals surface area contributed by atoms with Gasteiger partial charge in [0.2, 0.25) is 5.91 Å². The molecule has 0 aliphatic rings. The van der Waals surface area contributed by atoms with E-state index in [4.69, 9.17) is 0 Å². The highest BCUT2D eigenvalue weighted by Crippen LogP contribution is 2.26. The molecular formula is C18H17BrFNO2. The monoisotopic (exact) mass is 377 g/mol. The van der Waals surface area contributed by atoms with E-state index in [1.54, 1.807) is 25.1 Å². The predicted molar refractivity (Wildman–Crippen MR) is 92.2 cm³/mol. The van der Waals surface area contributed by atoms with Crippen molar-refractivity contribution >= 4 is 27.9 Å². The van der Waals surface area contributed by atoms with E-state index in [0.29, 0.717) is 4.47 Å². The van der Waals surface area contributed by atoms with Gasteiger partial charge in [-0.15, -0.1) is 0 Å². The lowest BCUT2D eigenvalue weighted by molar-refractivity contribution is -0.118. The van der Waals surface area contributed by atoms with Crippen LogP contribution < -0.4 is 5.32 Å². The van der Waals surface area contributed by atoms with Crippen LogP contribution in [-0.2, 0) is 10.3 Å². The van der Waals surface area contributed by atoms with Gasteiger partial charge in [-0.2, -0.15) is 0 Å². The molecule has 23 heavy (non-hydrogen) atoms. The van der Waals surface area contributed by atoms with Crippen LogP contribution in [0.2, 0.25) is 0 Å². The van der Waals surface area contributed by atoms with Gasteiger partial charge in [-0.05, 0) is 36.8 Å². The summed E-state index contributed by atoms with van der Waals surface area (Å²) in [6, 6.07) is 13.8. The summed E-state index contributed by atoms with van der Waals surface area (Å²) in [6.07, 6.45) is 3.02. The summed E-state index contributed by atoms with van der Waals surface area (Å²) in [6.45, 7) is 1.15. The highest BCUT2D eigenvalue weighted by Gasteiger charge is 2.30. The van der Waals surface area contributed by atoms with E-state index >= 15 is 0 Å². The minimum absolute atomic E-state index is 0.218. The predicted octanol–water partition coefficient (Wildman–Crippen LogP) is 3.63. The summed E-state index contributed by atoms with van der Waals surface area (Å²) in [7, 11) is 0. The van der Waals surface area contributed by atoms with Crippen molar-refractivity contribution in [3.63, 3.8) is 0 Å². The fourth-order valence-electron chi connectivity index (χ4n) is 2.16. The fraction of sp³-hybridized carbons (Fsp3) is 0.167. The molecule has 120 valence electrons. The molecule has 2 aromatic carbocycles. The third-order valence-electron chi connectivity index (χ3n) is 3.46. The van der Waals surface area contributed by atoms with Crippen LogP contribution in [0, 0.1) is 5.82 Å². The van der Waals surface area contributed by atoms with E-state index in [-0.39, 0.29) is 5.56 Å². The van der Waals surface area contributed by atoms with Gasteiger partial charge in [0.1, 0.15) is 5.82 Å². The standard InChI is InChI=1S/C18H17BrFNO2/c1-18(12-22,15-11-14(19)8-9-16(15)20)21-17(23)10-7-13-5-3-2-4-6-13/h2-11,22H,12H2,1H3,(H,21,23)/t18-/m1/s1. The van der Waals surface area contributed by atoms with E-state index in [0.717, 1.165) is 5.56 Å². The Bertz CT molecular complexity index is 718. The molecule has 0 fully saturated rings. The second kappa shape index (κ2) is 7.53. The lowest BCUT2D eigenvalue weighted by Gasteiger charge is -2.29. The Morgan fingerprint density at radius 1 is 1.30 bits per heavy atom. The topological polar surface area (TPSA) is 49.3 Å². The van der Waals surface area contributed by atoms with Gasteiger partial charge in [-0.1, -0.05) is 46.3 Å². The number of hydrogen-bond donors (Lipinski definition) is 2. The first-order chi connectivity index (χ1) is 10.9. The van der Waals surface area contributed by atoms with E-state index in [1.807, 2.05) is 30.3 Å². The van der Waals surface area contributed by atoms with Crippen molar-refractivity contribution in [3.05, 3.63) is 76.0 Å². The van der Waals surface area contributed by atoms with Crippen molar-refractivity contribution in [2.24, 2.45) is 0 Å². The van der Waals surface area contributed by atoms with Crippen LogP contribution in [0.15, 0.2) is 59.1 Å². The third kappa shape index (κ3) is 4.50. The van der Waals surface area contributed by atoms with Crippen molar-refractivity contribution in [2.45, 2.75) is 12.5 Å². The molecule has 2 N–H and O–H groups in total. The zero-order valence-electron chi connectivity index (χ0n) is 12.6. The summed E-state index contributed by atoms with van der Waals surface area (Å²) in [5.41, 5.74) is -0.121. The average Bonchev–Trinajstić information content (AvgIpc) is 2.56. The SMILES string of the molecule is C[C@](CO)(NC(=O)C=Cc1ccccc1)c1cc(Br)ccc1F. The Labute approximate surface area is 143 Å². The number of hydrogen-bond acceptors (Lipinski definition) is 2. The second-order valence-electron chi connectivity index (χ2n) is 5.35. The molecule has 0 bridgehead atoms. The number of amides is 1. The molecule has 0 aliphatic heterocycles. The average molecular weight is 378 g/mol. The second-order valence-corrected chi connectivity index (χ2v) is 6.26. The Morgan fingerprint density at radius 3 is 2.65 bits per heavy atom. The first-order valence-corrected chi connectivity index (χ1v) is 7.85. The quantitative estimate of drug-likeness (QED) is 0.781. The number of aliphatic hydroxyl groups is 1. The van der Waals surface area contributed by atoms with Crippen molar-refractivity contribution in [1.29, 1.82) is 0 Å². The van der Waals surface area contributed by atoms with Crippen LogP contribution >= 0.6 is 15.9 Å². The first kappa shape index (κ1) is 17.4. The van der Waals surface area contributed by atoms with Crippen LogP contribution in [-0.4, -0.2) is 17.6 Å². The molecule has 0 saturated heterocycles. The van der Waals surface area contributed by atoms with Crippen LogP contribution in [0.25, 0.3) is 6.08 Å². The van der Waals surface area contributed by atoms with E-state index in [2.05, 4.69) is 21.2 Å². The Morgan fingerprint density at radius 2 is 2.00 bits per heavy atom. The number of halogens is 2. The summed E-state index contributed by atoms with van der Waals surface area (Å²) in [5.74, 6) is -0.901. The maximum Gasteiger partial charge on any atom is 0.244 e. The smallest absolute Gasteiger partial charge is 0.244 e. The van der Waals surface area contributed by atoms with Crippen molar-refractivity contribution < 1.29 is 14.3 Å². The minimum atomic E-state index is -1.22. The molecule has 1 atom stereocenters.